The second kappa shape index (κ2) is 8.72. The Morgan fingerprint density at radius 2 is 1.97 bits per heavy atom. The average molecular weight is 390 g/mol. The highest BCUT2D eigenvalue weighted by atomic mass is 16.3. The molecule has 3 aromatic rings. The molecule has 0 saturated carbocycles. The van der Waals surface area contributed by atoms with E-state index in [1.165, 1.54) is 11.6 Å². The van der Waals surface area contributed by atoms with Crippen molar-refractivity contribution in [2.45, 2.75) is 31.3 Å². The van der Waals surface area contributed by atoms with Gasteiger partial charge < -0.3 is 15.0 Å². The van der Waals surface area contributed by atoms with Gasteiger partial charge in [0.25, 0.3) is 0 Å². The van der Waals surface area contributed by atoms with Crippen molar-refractivity contribution in [2.75, 3.05) is 19.6 Å². The highest BCUT2D eigenvalue weighted by Gasteiger charge is 2.25. The van der Waals surface area contributed by atoms with Crippen molar-refractivity contribution in [3.63, 3.8) is 0 Å². The maximum Gasteiger partial charge on any atom is 0.248 e. The minimum absolute atomic E-state index is 0.116. The van der Waals surface area contributed by atoms with Crippen LogP contribution in [0.4, 0.5) is 0 Å². The molecule has 0 spiro atoms. The lowest BCUT2D eigenvalue weighted by Crippen LogP contribution is -2.28. The summed E-state index contributed by atoms with van der Waals surface area (Å²) in [5.74, 6) is 0.313. The predicted octanol–water partition coefficient (Wildman–Crippen LogP) is 2.88. The Morgan fingerprint density at radius 1 is 1.14 bits per heavy atom. The summed E-state index contributed by atoms with van der Waals surface area (Å²) in [6.45, 7) is 2.34. The Labute approximate surface area is 170 Å². The summed E-state index contributed by atoms with van der Waals surface area (Å²) in [6.07, 6.45) is 1.39. The topological polar surface area (TPSA) is 73.4 Å². The maximum atomic E-state index is 12.9. The molecular formula is C24H26N2O3. The number of hydrogen-bond donors (Lipinski definition) is 2. The standard InChI is InChI=1S/C24H26N2O3/c27-21-10-11-26(16-21)15-20(18-4-2-1-3-5-18)14-22(28)13-17-6-8-23-19(12-17)7-9-24(29)25-23/h1-9,12,20-21,27H,10-11,13-16H2,(H,25,29)/t20-,21+/m1/s1. The molecule has 1 aliphatic heterocycles. The molecule has 5 nitrogen and oxygen atoms in total. The van der Waals surface area contributed by atoms with Crippen LogP contribution in [0.5, 0.6) is 0 Å². The summed E-state index contributed by atoms with van der Waals surface area (Å²) in [6, 6.07) is 19.2. The Balaban J connectivity index is 1.47. The number of Topliss-reactive ketones (excluding diaryl/α,β-unsaturated/α-hetero) is 1. The number of likely N-dealkylation sites (tertiary alicyclic amines) is 1. The minimum Gasteiger partial charge on any atom is -0.392 e. The molecule has 1 aromatic heterocycles. The van der Waals surface area contributed by atoms with Crippen LogP contribution in [-0.4, -0.2) is 46.5 Å². The van der Waals surface area contributed by atoms with E-state index >= 15 is 0 Å². The van der Waals surface area contributed by atoms with Gasteiger partial charge in [-0.15, -0.1) is 0 Å². The number of β-amino-alcohol motifs (C(OH)–C–C–N with tert-alkyl or cyclic N) is 1. The van der Waals surface area contributed by atoms with E-state index in [9.17, 15) is 14.7 Å². The Kier molecular flexibility index (Phi) is 5.88. The normalized spacial score (nSPS) is 18.2. The van der Waals surface area contributed by atoms with Crippen LogP contribution in [0.2, 0.25) is 0 Å². The first-order chi connectivity index (χ1) is 14.1. The monoisotopic (exact) mass is 390 g/mol. The molecule has 2 heterocycles. The molecule has 2 N–H and O–H groups in total. The van der Waals surface area contributed by atoms with Gasteiger partial charge in [-0.3, -0.25) is 9.59 Å². The van der Waals surface area contributed by atoms with Crippen LogP contribution in [0.25, 0.3) is 10.9 Å². The molecule has 0 radical (unpaired) electrons. The van der Waals surface area contributed by atoms with E-state index in [0.29, 0.717) is 19.4 Å². The van der Waals surface area contributed by atoms with E-state index in [1.54, 1.807) is 6.07 Å². The van der Waals surface area contributed by atoms with Crippen LogP contribution < -0.4 is 5.56 Å². The number of aliphatic hydroxyl groups is 1. The molecule has 0 bridgehead atoms. The minimum atomic E-state index is -0.258. The molecule has 29 heavy (non-hydrogen) atoms. The number of nitrogens with one attached hydrogen (secondary N) is 1. The lowest BCUT2D eigenvalue weighted by molar-refractivity contribution is -0.118. The number of ketones is 1. The van der Waals surface area contributed by atoms with Crippen molar-refractivity contribution >= 4 is 16.7 Å². The molecule has 1 fully saturated rings. The smallest absolute Gasteiger partial charge is 0.248 e. The number of aromatic amines is 1. The summed E-state index contributed by atoms with van der Waals surface area (Å²) >= 11 is 0. The van der Waals surface area contributed by atoms with E-state index in [1.807, 2.05) is 36.4 Å². The molecular weight excluding hydrogens is 364 g/mol. The summed E-state index contributed by atoms with van der Waals surface area (Å²) < 4.78 is 0. The highest BCUT2D eigenvalue weighted by Crippen LogP contribution is 2.24. The number of aromatic nitrogens is 1. The molecule has 5 heteroatoms. The molecule has 0 unspecified atom stereocenters. The van der Waals surface area contributed by atoms with Gasteiger partial charge in [-0.05, 0) is 41.1 Å². The Hall–Kier alpha value is -2.76. The van der Waals surface area contributed by atoms with Crippen molar-refractivity contribution in [3.05, 3.63) is 82.1 Å². The van der Waals surface area contributed by atoms with Gasteiger partial charge in [0.15, 0.2) is 0 Å². The molecule has 0 aliphatic carbocycles. The van der Waals surface area contributed by atoms with E-state index in [2.05, 4.69) is 22.0 Å². The summed E-state index contributed by atoms with van der Waals surface area (Å²) in [7, 11) is 0. The summed E-state index contributed by atoms with van der Waals surface area (Å²) in [5, 5.41) is 10.8. The summed E-state index contributed by atoms with van der Waals surface area (Å²) in [5.41, 5.74) is 2.78. The van der Waals surface area contributed by atoms with E-state index < -0.39 is 0 Å². The molecule has 4 rings (SSSR count). The molecule has 150 valence electrons. The van der Waals surface area contributed by atoms with Gasteiger partial charge in [-0.2, -0.15) is 0 Å². The zero-order chi connectivity index (χ0) is 20.2. The first-order valence-electron chi connectivity index (χ1n) is 10.2. The first-order valence-corrected chi connectivity index (χ1v) is 10.2. The number of carbonyl (C=O) groups is 1. The number of H-pyrrole nitrogens is 1. The van der Waals surface area contributed by atoms with Gasteiger partial charge in [0, 0.05) is 50.0 Å². The van der Waals surface area contributed by atoms with Crippen molar-refractivity contribution in [3.8, 4) is 0 Å². The third kappa shape index (κ3) is 5.00. The number of aliphatic hydroxyl groups excluding tert-OH is 1. The van der Waals surface area contributed by atoms with Crippen molar-refractivity contribution in [1.29, 1.82) is 0 Å². The predicted molar refractivity (Wildman–Crippen MR) is 114 cm³/mol. The fraction of sp³-hybridized carbons (Fsp3) is 0.333. The van der Waals surface area contributed by atoms with Gasteiger partial charge in [-0.1, -0.05) is 36.4 Å². The van der Waals surface area contributed by atoms with Gasteiger partial charge in [-0.25, -0.2) is 0 Å². The third-order valence-electron chi connectivity index (χ3n) is 5.66. The fourth-order valence-electron chi connectivity index (χ4n) is 4.19. The Bertz CT molecular complexity index is 1040. The molecule has 0 amide bonds. The van der Waals surface area contributed by atoms with Crippen molar-refractivity contribution in [2.24, 2.45) is 0 Å². The lowest BCUT2D eigenvalue weighted by atomic mass is 9.91. The lowest BCUT2D eigenvalue weighted by Gasteiger charge is -2.23. The van der Waals surface area contributed by atoms with Gasteiger partial charge in [0.2, 0.25) is 5.56 Å². The number of carbonyl (C=O) groups excluding carboxylic acids is 1. The number of fused-ring (bicyclic) bond motifs is 1. The molecule has 2 atom stereocenters. The first kappa shape index (κ1) is 19.6. The van der Waals surface area contributed by atoms with E-state index in [0.717, 1.165) is 36.0 Å². The number of hydrogen-bond acceptors (Lipinski definition) is 4. The second-order valence-electron chi connectivity index (χ2n) is 7.97. The van der Waals surface area contributed by atoms with Crippen LogP contribution in [-0.2, 0) is 11.2 Å². The zero-order valence-electron chi connectivity index (χ0n) is 16.4. The molecule has 2 aromatic carbocycles. The van der Waals surface area contributed by atoms with Crippen molar-refractivity contribution in [1.82, 2.24) is 9.88 Å². The van der Waals surface area contributed by atoms with Crippen LogP contribution in [0, 0.1) is 0 Å². The SMILES string of the molecule is O=C(Cc1ccc2[nH]c(=O)ccc2c1)C[C@H](CN1CC[C@H](O)C1)c1ccccc1. The largest absolute Gasteiger partial charge is 0.392 e. The highest BCUT2D eigenvalue weighted by molar-refractivity contribution is 5.84. The van der Waals surface area contributed by atoms with Crippen LogP contribution in [0.3, 0.4) is 0 Å². The van der Waals surface area contributed by atoms with E-state index in [4.69, 9.17) is 0 Å². The average Bonchev–Trinajstić information content (AvgIpc) is 3.13. The van der Waals surface area contributed by atoms with Gasteiger partial charge in [0.1, 0.15) is 5.78 Å². The van der Waals surface area contributed by atoms with Gasteiger partial charge in [0.05, 0.1) is 6.10 Å². The Morgan fingerprint density at radius 3 is 2.72 bits per heavy atom. The second-order valence-corrected chi connectivity index (χ2v) is 7.97. The summed E-state index contributed by atoms with van der Waals surface area (Å²) in [4.78, 5) is 29.4. The van der Waals surface area contributed by atoms with Crippen molar-refractivity contribution < 1.29 is 9.90 Å². The zero-order valence-corrected chi connectivity index (χ0v) is 16.4. The fourth-order valence-corrected chi connectivity index (χ4v) is 4.19. The number of pyridine rings is 1. The quantitative estimate of drug-likeness (QED) is 0.651. The number of rotatable bonds is 7. The van der Waals surface area contributed by atoms with Crippen LogP contribution >= 0.6 is 0 Å². The van der Waals surface area contributed by atoms with E-state index in [-0.39, 0.29) is 23.4 Å². The van der Waals surface area contributed by atoms with Crippen LogP contribution in [0.15, 0.2) is 65.5 Å². The number of benzene rings is 2. The van der Waals surface area contributed by atoms with Crippen LogP contribution in [0.1, 0.15) is 29.9 Å². The number of nitrogens with zero attached hydrogens (tertiary/aromatic N) is 1. The maximum absolute atomic E-state index is 12.9. The molecule has 1 aliphatic rings. The van der Waals surface area contributed by atoms with Gasteiger partial charge >= 0.3 is 0 Å². The molecule has 1 saturated heterocycles. The third-order valence-corrected chi connectivity index (χ3v) is 5.66.